The van der Waals surface area contributed by atoms with Crippen LogP contribution in [0.3, 0.4) is 0 Å². The molecule has 0 saturated heterocycles. The summed E-state index contributed by atoms with van der Waals surface area (Å²) in [7, 11) is 3.32. The zero-order valence-electron chi connectivity index (χ0n) is 25.4. The van der Waals surface area contributed by atoms with E-state index in [2.05, 4.69) is 39.6 Å². The molecule has 5 aromatic rings. The second-order valence-electron chi connectivity index (χ2n) is 10.6. The van der Waals surface area contributed by atoms with Crippen LogP contribution in [0.1, 0.15) is 29.2 Å². The summed E-state index contributed by atoms with van der Waals surface area (Å²) in [5, 5.41) is 6.40. The molecule has 244 valence electrons. The molecule has 12 heteroatoms. The van der Waals surface area contributed by atoms with Crippen LogP contribution < -0.4 is 15.4 Å². The number of alkyl carbamates (subject to hydrolysis) is 1. The third-order valence-electron chi connectivity index (χ3n) is 7.73. The molecule has 0 spiro atoms. The first-order valence-electron chi connectivity index (χ1n) is 14.6. The maximum atomic E-state index is 13.6. The summed E-state index contributed by atoms with van der Waals surface area (Å²) in [6.07, 6.45) is -0.726. The molecule has 0 atom stereocenters. The number of carbonyl (C=O) groups excluding carboxylic acids is 2. The molecule has 0 aliphatic heterocycles. The summed E-state index contributed by atoms with van der Waals surface area (Å²) in [5.41, 5.74) is 6.62. The summed E-state index contributed by atoms with van der Waals surface area (Å²) in [6.45, 7) is 0.966. The van der Waals surface area contributed by atoms with Gasteiger partial charge in [-0.2, -0.15) is 8.78 Å². The van der Waals surface area contributed by atoms with Crippen molar-refractivity contribution in [2.24, 2.45) is 0 Å². The molecule has 1 aliphatic rings. The first kappa shape index (κ1) is 33.1. The molecular weight excluding hydrogens is 621 g/mol. The van der Waals surface area contributed by atoms with Gasteiger partial charge >= 0.3 is 12.1 Å². The van der Waals surface area contributed by atoms with Gasteiger partial charge in [-0.3, -0.25) is 4.79 Å². The molecule has 4 aromatic carbocycles. The lowest BCUT2D eigenvalue weighted by Gasteiger charge is -2.13. The van der Waals surface area contributed by atoms with Crippen molar-refractivity contribution in [1.29, 1.82) is 0 Å². The van der Waals surface area contributed by atoms with E-state index in [9.17, 15) is 31.5 Å². The summed E-state index contributed by atoms with van der Waals surface area (Å²) < 4.78 is 78.2. The fourth-order valence-corrected chi connectivity index (χ4v) is 5.57. The molecule has 0 radical (unpaired) electrons. The van der Waals surface area contributed by atoms with Gasteiger partial charge in [0.1, 0.15) is 6.61 Å². The standard InChI is InChI=1S/C19H15F5N2O2.C16H15NO2/c1-25-9-11-8-10-4-2-3-5-12(10)26(11)7-6-13(27)28-19-17(23)15(21)14(20)16(22)18(19)24;1-17-16(18)19-10-15-13-8-4-2-6-11(13)12-7-3-5-9-14(12)15/h2-5,8,25H,6-7,9H2,1H3;2-9,15H,10H2,1H3,(H,17,18). The van der Waals surface area contributed by atoms with Crippen molar-refractivity contribution < 1.29 is 41.0 Å². The summed E-state index contributed by atoms with van der Waals surface area (Å²) in [6, 6.07) is 25.9. The van der Waals surface area contributed by atoms with Gasteiger partial charge in [-0.05, 0) is 46.8 Å². The van der Waals surface area contributed by atoms with E-state index >= 15 is 0 Å². The van der Waals surface area contributed by atoms with Crippen molar-refractivity contribution in [3.63, 3.8) is 0 Å². The number of amides is 1. The molecular formula is C35H30F5N3O4. The van der Waals surface area contributed by atoms with Gasteiger partial charge in [-0.25, -0.2) is 18.0 Å². The van der Waals surface area contributed by atoms with E-state index in [1.165, 1.54) is 22.3 Å². The van der Waals surface area contributed by atoms with Crippen LogP contribution in [0.15, 0.2) is 78.9 Å². The number of ether oxygens (including phenoxy) is 2. The zero-order valence-corrected chi connectivity index (χ0v) is 25.4. The SMILES string of the molecule is CNC(=O)OCC1c2ccccc2-c2ccccc21.CNCc1cc2ccccc2n1CCC(=O)Oc1c(F)c(F)c(F)c(F)c1F. The molecule has 0 bridgehead atoms. The van der Waals surface area contributed by atoms with Crippen LogP contribution in [-0.4, -0.2) is 37.3 Å². The van der Waals surface area contributed by atoms with Gasteiger partial charge in [-0.1, -0.05) is 66.7 Å². The Morgan fingerprint density at radius 3 is 1.91 bits per heavy atom. The molecule has 47 heavy (non-hydrogen) atoms. The van der Waals surface area contributed by atoms with Crippen molar-refractivity contribution in [2.75, 3.05) is 20.7 Å². The quantitative estimate of drug-likeness (QED) is 0.0610. The van der Waals surface area contributed by atoms with Gasteiger partial charge in [0.2, 0.25) is 34.8 Å². The van der Waals surface area contributed by atoms with E-state index in [0.717, 1.165) is 16.6 Å². The average molecular weight is 652 g/mol. The first-order chi connectivity index (χ1) is 22.7. The highest BCUT2D eigenvalue weighted by atomic mass is 19.2. The van der Waals surface area contributed by atoms with Crippen LogP contribution in [0.5, 0.6) is 5.75 Å². The highest BCUT2D eigenvalue weighted by Crippen LogP contribution is 2.44. The van der Waals surface area contributed by atoms with Crippen molar-refractivity contribution in [3.8, 4) is 16.9 Å². The van der Waals surface area contributed by atoms with Gasteiger partial charge < -0.3 is 24.7 Å². The monoisotopic (exact) mass is 651 g/mol. The summed E-state index contributed by atoms with van der Waals surface area (Å²) in [4.78, 5) is 23.3. The number of carbonyl (C=O) groups is 2. The average Bonchev–Trinajstić information content (AvgIpc) is 3.61. The summed E-state index contributed by atoms with van der Waals surface area (Å²) >= 11 is 0. The van der Waals surface area contributed by atoms with Crippen LogP contribution in [0, 0.1) is 29.1 Å². The third-order valence-corrected chi connectivity index (χ3v) is 7.73. The molecule has 1 aromatic heterocycles. The van der Waals surface area contributed by atoms with Gasteiger partial charge in [0, 0.05) is 37.3 Å². The van der Waals surface area contributed by atoms with Crippen LogP contribution in [0.2, 0.25) is 0 Å². The van der Waals surface area contributed by atoms with Crippen molar-refractivity contribution in [3.05, 3.63) is 125 Å². The number of nitrogens with one attached hydrogen (secondary N) is 2. The number of aryl methyl sites for hydroxylation is 1. The number of halogens is 5. The number of nitrogens with zero attached hydrogens (tertiary/aromatic N) is 1. The normalized spacial score (nSPS) is 11.8. The second kappa shape index (κ2) is 14.5. The van der Waals surface area contributed by atoms with Crippen LogP contribution in [0.4, 0.5) is 26.7 Å². The zero-order chi connectivity index (χ0) is 33.7. The predicted molar refractivity (Wildman–Crippen MR) is 165 cm³/mol. The number of benzene rings is 4. The Kier molecular flexibility index (Phi) is 10.2. The Labute approximate surface area is 266 Å². The van der Waals surface area contributed by atoms with Gasteiger partial charge in [0.25, 0.3) is 0 Å². The lowest BCUT2D eigenvalue weighted by atomic mass is 9.98. The molecule has 1 amide bonds. The van der Waals surface area contributed by atoms with E-state index in [0.29, 0.717) is 13.2 Å². The van der Waals surface area contributed by atoms with Crippen molar-refractivity contribution in [2.45, 2.75) is 25.4 Å². The van der Waals surface area contributed by atoms with E-state index in [1.807, 2.05) is 59.2 Å². The number of para-hydroxylation sites is 1. The number of hydrogen-bond donors (Lipinski definition) is 2. The maximum Gasteiger partial charge on any atom is 0.406 e. The van der Waals surface area contributed by atoms with Gasteiger partial charge in [0.05, 0.1) is 6.42 Å². The van der Waals surface area contributed by atoms with Crippen LogP contribution in [0.25, 0.3) is 22.0 Å². The summed E-state index contributed by atoms with van der Waals surface area (Å²) in [5.74, 6) is -13.6. The minimum absolute atomic E-state index is 0.0960. The molecule has 1 heterocycles. The van der Waals surface area contributed by atoms with E-state index in [4.69, 9.17) is 4.74 Å². The van der Waals surface area contributed by atoms with Crippen LogP contribution >= 0.6 is 0 Å². The number of fused-ring (bicyclic) bond motifs is 4. The number of aromatic nitrogens is 1. The highest BCUT2D eigenvalue weighted by Gasteiger charge is 2.30. The Balaban J connectivity index is 0.000000198. The van der Waals surface area contributed by atoms with Crippen molar-refractivity contribution >= 4 is 23.0 Å². The first-order valence-corrected chi connectivity index (χ1v) is 14.6. The van der Waals surface area contributed by atoms with Crippen LogP contribution in [-0.2, 0) is 22.6 Å². The minimum Gasteiger partial charge on any atom is -0.449 e. The smallest absolute Gasteiger partial charge is 0.406 e. The molecule has 7 nitrogen and oxygen atoms in total. The fraction of sp³-hybridized carbons (Fsp3) is 0.200. The van der Waals surface area contributed by atoms with Gasteiger partial charge in [-0.15, -0.1) is 0 Å². The molecule has 6 rings (SSSR count). The number of rotatable bonds is 8. The Morgan fingerprint density at radius 2 is 1.32 bits per heavy atom. The second-order valence-corrected chi connectivity index (χ2v) is 10.6. The Morgan fingerprint density at radius 1 is 0.766 bits per heavy atom. The minimum atomic E-state index is -2.31. The van der Waals surface area contributed by atoms with E-state index in [-0.39, 0.29) is 25.0 Å². The predicted octanol–water partition coefficient (Wildman–Crippen LogP) is 7.21. The third kappa shape index (κ3) is 6.82. The van der Waals surface area contributed by atoms with E-state index in [1.54, 1.807) is 14.1 Å². The lowest BCUT2D eigenvalue weighted by molar-refractivity contribution is -0.135. The fourth-order valence-electron chi connectivity index (χ4n) is 5.57. The van der Waals surface area contributed by atoms with E-state index < -0.39 is 40.8 Å². The highest BCUT2D eigenvalue weighted by molar-refractivity contribution is 5.82. The maximum absolute atomic E-state index is 13.6. The lowest BCUT2D eigenvalue weighted by Crippen LogP contribution is -2.21. The largest absolute Gasteiger partial charge is 0.449 e. The molecule has 0 unspecified atom stereocenters. The molecule has 1 aliphatic carbocycles. The molecule has 0 saturated carbocycles. The number of esters is 1. The molecule has 2 N–H and O–H groups in total. The number of hydrogen-bond acceptors (Lipinski definition) is 5. The van der Waals surface area contributed by atoms with Gasteiger partial charge in [0.15, 0.2) is 0 Å². The Hall–Kier alpha value is -5.23. The Bertz CT molecular complexity index is 1870. The topological polar surface area (TPSA) is 81.6 Å². The van der Waals surface area contributed by atoms with Crippen molar-refractivity contribution in [1.82, 2.24) is 15.2 Å². The molecule has 0 fully saturated rings.